The number of nitrogens with zero attached hydrogens (tertiary/aromatic N) is 2. The molecule has 0 radical (unpaired) electrons. The van der Waals surface area contributed by atoms with E-state index < -0.39 is 5.69 Å². The third kappa shape index (κ3) is 6.21. The summed E-state index contributed by atoms with van der Waals surface area (Å²) in [4.78, 5) is 30.3. The van der Waals surface area contributed by atoms with Gasteiger partial charge < -0.3 is 5.32 Å². The third-order valence-electron chi connectivity index (χ3n) is 6.96. The number of halogens is 1. The number of aromatic amines is 1. The summed E-state index contributed by atoms with van der Waals surface area (Å²) in [7, 11) is 0. The van der Waals surface area contributed by atoms with Gasteiger partial charge in [-0.15, -0.1) is 0 Å². The lowest BCUT2D eigenvalue weighted by Gasteiger charge is -2.26. The number of aryl methyl sites for hydroxylation is 3. The maximum atomic E-state index is 13.5. The van der Waals surface area contributed by atoms with E-state index in [2.05, 4.69) is 35.1 Å². The number of rotatable bonds is 9. The Hall–Kier alpha value is -3.45. The number of H-pyrrole nitrogens is 1. The van der Waals surface area contributed by atoms with E-state index in [9.17, 15) is 14.0 Å². The molecule has 2 N–H and O–H groups in total. The van der Waals surface area contributed by atoms with Crippen molar-refractivity contribution in [2.45, 2.75) is 53.0 Å². The van der Waals surface area contributed by atoms with Crippen molar-refractivity contribution < 1.29 is 4.39 Å². The average molecular weight is 491 g/mol. The highest BCUT2D eigenvalue weighted by Gasteiger charge is 2.14. The molecule has 3 aromatic rings. The van der Waals surface area contributed by atoms with Crippen LogP contribution in [0.3, 0.4) is 0 Å². The van der Waals surface area contributed by atoms with Crippen LogP contribution in [0.4, 0.5) is 15.9 Å². The van der Waals surface area contributed by atoms with Crippen LogP contribution < -0.4 is 16.6 Å². The third-order valence-corrected chi connectivity index (χ3v) is 6.96. The number of anilines is 2. The number of aromatic nitrogens is 2. The van der Waals surface area contributed by atoms with E-state index >= 15 is 0 Å². The molecule has 0 aliphatic carbocycles. The number of hydrogen-bond donors (Lipinski definition) is 2. The van der Waals surface area contributed by atoms with Crippen LogP contribution in [0.1, 0.15) is 48.4 Å². The lowest BCUT2D eigenvalue weighted by atomic mass is 9.98. The predicted octanol–water partition coefficient (Wildman–Crippen LogP) is 5.17. The fourth-order valence-corrected chi connectivity index (χ4v) is 4.71. The van der Waals surface area contributed by atoms with Crippen LogP contribution in [0.5, 0.6) is 0 Å². The first kappa shape index (κ1) is 25.6. The monoisotopic (exact) mass is 490 g/mol. The Morgan fingerprint density at radius 3 is 2.50 bits per heavy atom. The summed E-state index contributed by atoms with van der Waals surface area (Å²) in [5, 5.41) is 3.15. The molecular formula is C29H35FN4O2. The van der Waals surface area contributed by atoms with Gasteiger partial charge in [-0.1, -0.05) is 25.1 Å². The maximum absolute atomic E-state index is 13.5. The van der Waals surface area contributed by atoms with Crippen LogP contribution in [-0.4, -0.2) is 34.1 Å². The van der Waals surface area contributed by atoms with Gasteiger partial charge in [-0.3, -0.25) is 19.2 Å². The molecule has 0 spiro atoms. The molecule has 1 aromatic heterocycles. The smallest absolute Gasteiger partial charge is 0.329 e. The van der Waals surface area contributed by atoms with Gasteiger partial charge in [0.25, 0.3) is 5.56 Å². The highest BCUT2D eigenvalue weighted by molar-refractivity contribution is 5.67. The van der Waals surface area contributed by atoms with Crippen molar-refractivity contribution in [1.82, 2.24) is 14.5 Å². The summed E-state index contributed by atoms with van der Waals surface area (Å²) < 4.78 is 14.8. The Labute approximate surface area is 211 Å². The van der Waals surface area contributed by atoms with E-state index in [-0.39, 0.29) is 11.4 Å². The summed E-state index contributed by atoms with van der Waals surface area (Å²) in [6.45, 7) is 9.06. The number of hydrogen-bond acceptors (Lipinski definition) is 4. The molecule has 0 bridgehead atoms. The lowest BCUT2D eigenvalue weighted by molar-refractivity contribution is 0.292. The van der Waals surface area contributed by atoms with Crippen LogP contribution >= 0.6 is 0 Å². The fraction of sp³-hybridized carbons (Fsp3) is 0.379. The molecule has 0 saturated heterocycles. The summed E-state index contributed by atoms with van der Waals surface area (Å²) in [5.74, 6) is 0.233. The normalized spacial score (nSPS) is 14.1. The lowest BCUT2D eigenvalue weighted by Crippen LogP contribution is -2.35. The molecule has 1 aliphatic rings. The highest BCUT2D eigenvalue weighted by Crippen LogP contribution is 2.24. The van der Waals surface area contributed by atoms with Gasteiger partial charge in [-0.05, 0) is 98.2 Å². The Morgan fingerprint density at radius 1 is 1.00 bits per heavy atom. The van der Waals surface area contributed by atoms with Crippen LogP contribution in [-0.2, 0) is 13.0 Å². The minimum atomic E-state index is -0.395. The number of nitrogens with one attached hydrogen (secondary N) is 2. The van der Waals surface area contributed by atoms with Crippen molar-refractivity contribution in [3.8, 4) is 0 Å². The molecule has 2 aromatic carbocycles. The average Bonchev–Trinajstić information content (AvgIpc) is 2.86. The van der Waals surface area contributed by atoms with Crippen molar-refractivity contribution in [2.75, 3.05) is 25.0 Å². The zero-order valence-corrected chi connectivity index (χ0v) is 21.4. The summed E-state index contributed by atoms with van der Waals surface area (Å²) >= 11 is 0. The minimum absolute atomic E-state index is 0.169. The molecule has 0 unspecified atom stereocenters. The molecule has 7 heteroatoms. The molecule has 36 heavy (non-hydrogen) atoms. The first-order valence-corrected chi connectivity index (χ1v) is 12.7. The second-order valence-corrected chi connectivity index (χ2v) is 9.55. The topological polar surface area (TPSA) is 70.1 Å². The molecule has 4 rings (SSSR count). The summed E-state index contributed by atoms with van der Waals surface area (Å²) in [6, 6.07) is 12.8. The van der Waals surface area contributed by atoms with Gasteiger partial charge in [0.2, 0.25) is 0 Å². The van der Waals surface area contributed by atoms with Crippen molar-refractivity contribution >= 4 is 17.1 Å². The van der Waals surface area contributed by atoms with Crippen LogP contribution in [0, 0.1) is 19.7 Å². The van der Waals surface area contributed by atoms with Gasteiger partial charge in [0.05, 0.1) is 0 Å². The van der Waals surface area contributed by atoms with E-state index in [1.165, 1.54) is 33.4 Å². The zero-order valence-electron chi connectivity index (χ0n) is 21.4. The first-order chi connectivity index (χ1) is 17.3. The van der Waals surface area contributed by atoms with Crippen molar-refractivity contribution in [1.29, 1.82) is 0 Å². The fourth-order valence-electron chi connectivity index (χ4n) is 4.71. The van der Waals surface area contributed by atoms with Gasteiger partial charge in [-0.2, -0.15) is 0 Å². The highest BCUT2D eigenvalue weighted by atomic mass is 19.1. The van der Waals surface area contributed by atoms with Crippen molar-refractivity contribution in [3.63, 3.8) is 0 Å². The second kappa shape index (κ2) is 11.5. The SMILES string of the molecule is CCc1cc(Nc2cc(=O)n(CCCCN3CC=C(c4ccc(F)c(C)c4)CC3)c(=O)[nH]2)ccc1C. The van der Waals surface area contributed by atoms with E-state index in [1.807, 2.05) is 30.3 Å². The van der Waals surface area contributed by atoms with E-state index in [1.54, 1.807) is 6.92 Å². The standard InChI is InChI=1S/C29H35FN4O2/c1-4-22-18-25(9-7-20(22)2)31-27-19-28(35)34(29(36)32-27)14-6-5-13-33-15-11-23(12-16-33)24-8-10-26(30)21(3)17-24/h7-11,17-19,31H,4-6,12-16H2,1-3H3,(H,32,36). The maximum Gasteiger partial charge on any atom is 0.329 e. The molecule has 2 heterocycles. The Bertz CT molecular complexity index is 1340. The molecule has 190 valence electrons. The Morgan fingerprint density at radius 2 is 1.81 bits per heavy atom. The largest absolute Gasteiger partial charge is 0.342 e. The summed E-state index contributed by atoms with van der Waals surface area (Å²) in [5.41, 5.74) is 5.62. The van der Waals surface area contributed by atoms with Crippen molar-refractivity contribution in [2.24, 2.45) is 0 Å². The second-order valence-electron chi connectivity index (χ2n) is 9.55. The van der Waals surface area contributed by atoms with E-state index in [0.29, 0.717) is 17.9 Å². The van der Waals surface area contributed by atoms with Gasteiger partial charge in [0.15, 0.2) is 0 Å². The van der Waals surface area contributed by atoms with Gasteiger partial charge in [0, 0.05) is 31.4 Å². The molecule has 0 fully saturated rings. The molecule has 6 nitrogen and oxygen atoms in total. The Kier molecular flexibility index (Phi) is 8.21. The first-order valence-electron chi connectivity index (χ1n) is 12.7. The summed E-state index contributed by atoms with van der Waals surface area (Å²) in [6.07, 6.45) is 5.71. The number of unbranched alkanes of at least 4 members (excludes halogenated alkanes) is 1. The van der Waals surface area contributed by atoms with E-state index in [4.69, 9.17) is 0 Å². The van der Waals surface area contributed by atoms with Gasteiger partial charge in [-0.25, -0.2) is 9.18 Å². The van der Waals surface area contributed by atoms with Crippen LogP contribution in [0.15, 0.2) is 58.1 Å². The van der Waals surface area contributed by atoms with Crippen LogP contribution in [0.25, 0.3) is 5.57 Å². The predicted molar refractivity (Wildman–Crippen MR) is 145 cm³/mol. The minimum Gasteiger partial charge on any atom is -0.342 e. The quantitative estimate of drug-likeness (QED) is 0.406. The number of benzene rings is 2. The van der Waals surface area contributed by atoms with E-state index in [0.717, 1.165) is 56.6 Å². The molecule has 0 atom stereocenters. The van der Waals surface area contributed by atoms with Gasteiger partial charge >= 0.3 is 5.69 Å². The molecule has 0 saturated carbocycles. The molecular weight excluding hydrogens is 455 g/mol. The molecule has 0 amide bonds. The molecule has 1 aliphatic heterocycles. The van der Waals surface area contributed by atoms with Crippen LogP contribution in [0.2, 0.25) is 0 Å². The van der Waals surface area contributed by atoms with Crippen molar-refractivity contribution in [3.05, 3.63) is 97.4 Å². The Balaban J connectivity index is 1.28. The van der Waals surface area contributed by atoms with Gasteiger partial charge in [0.1, 0.15) is 11.6 Å². The zero-order chi connectivity index (χ0) is 25.7.